The lowest BCUT2D eigenvalue weighted by molar-refractivity contribution is 0.0828. The van der Waals surface area contributed by atoms with Gasteiger partial charge in [-0.05, 0) is 34.1 Å². The quantitative estimate of drug-likeness (QED) is 0.583. The molecular formula is C14H9BrN4O4. The number of hydrazine groups is 1. The zero-order chi connectivity index (χ0) is 16.4. The van der Waals surface area contributed by atoms with E-state index in [0.29, 0.717) is 15.4 Å². The van der Waals surface area contributed by atoms with Crippen LogP contribution in [0.2, 0.25) is 0 Å². The number of fused-ring (bicyclic) bond motifs is 1. The normalized spacial score (nSPS) is 10.5. The Balaban J connectivity index is 1.80. The molecule has 0 unspecified atom stereocenters. The van der Waals surface area contributed by atoms with Crippen LogP contribution in [0.5, 0.6) is 0 Å². The summed E-state index contributed by atoms with van der Waals surface area (Å²) in [5, 5.41) is 6.68. The zero-order valence-electron chi connectivity index (χ0n) is 11.4. The maximum atomic E-state index is 12.2. The topological polar surface area (TPSA) is 117 Å². The third kappa shape index (κ3) is 2.99. The molecule has 0 spiro atoms. The minimum absolute atomic E-state index is 0.0128. The predicted molar refractivity (Wildman–Crippen MR) is 83.7 cm³/mol. The molecule has 0 radical (unpaired) electrons. The van der Waals surface area contributed by atoms with Gasteiger partial charge >= 0.3 is 5.91 Å². The van der Waals surface area contributed by atoms with Gasteiger partial charge < -0.3 is 4.42 Å². The fourth-order valence-corrected chi connectivity index (χ4v) is 2.27. The number of amides is 2. The fourth-order valence-electron chi connectivity index (χ4n) is 1.96. The van der Waals surface area contributed by atoms with Gasteiger partial charge in [0, 0.05) is 5.39 Å². The van der Waals surface area contributed by atoms with Gasteiger partial charge in [-0.15, -0.1) is 0 Å². The lowest BCUT2D eigenvalue weighted by Crippen LogP contribution is -2.42. The Morgan fingerprint density at radius 3 is 2.43 bits per heavy atom. The number of furan rings is 1. The smallest absolute Gasteiger partial charge is 0.305 e. The van der Waals surface area contributed by atoms with Gasteiger partial charge in [-0.25, -0.2) is 5.10 Å². The number of hydrogen-bond acceptors (Lipinski definition) is 5. The van der Waals surface area contributed by atoms with Crippen molar-refractivity contribution in [3.63, 3.8) is 0 Å². The van der Waals surface area contributed by atoms with Gasteiger partial charge in [0.15, 0.2) is 16.1 Å². The van der Waals surface area contributed by atoms with E-state index in [1.807, 2.05) is 0 Å². The maximum absolute atomic E-state index is 12.2. The molecule has 23 heavy (non-hydrogen) atoms. The van der Waals surface area contributed by atoms with Crippen LogP contribution in [-0.2, 0) is 0 Å². The van der Waals surface area contributed by atoms with Crippen molar-refractivity contribution in [3.05, 3.63) is 62.9 Å². The summed E-state index contributed by atoms with van der Waals surface area (Å²) >= 11 is 3.07. The van der Waals surface area contributed by atoms with Crippen LogP contribution in [0.1, 0.15) is 21.0 Å². The first-order valence-electron chi connectivity index (χ1n) is 6.39. The summed E-state index contributed by atoms with van der Waals surface area (Å²) in [6, 6.07) is 9.52. The highest BCUT2D eigenvalue weighted by atomic mass is 79.9. The molecule has 0 aliphatic rings. The minimum Gasteiger partial charge on any atom is -0.444 e. The Bertz CT molecular complexity index is 963. The first kappa shape index (κ1) is 15.0. The number of H-pyrrole nitrogens is 1. The molecule has 0 fully saturated rings. The van der Waals surface area contributed by atoms with Crippen LogP contribution in [-0.4, -0.2) is 22.0 Å². The van der Waals surface area contributed by atoms with Crippen molar-refractivity contribution >= 4 is 38.5 Å². The summed E-state index contributed by atoms with van der Waals surface area (Å²) in [7, 11) is 0. The number of nitrogens with zero attached hydrogens (tertiary/aromatic N) is 1. The molecule has 116 valence electrons. The number of carbonyl (C=O) groups excluding carboxylic acids is 2. The summed E-state index contributed by atoms with van der Waals surface area (Å²) in [5.41, 5.74) is 4.01. The molecule has 2 heterocycles. The van der Waals surface area contributed by atoms with Gasteiger partial charge in [0.05, 0.1) is 5.39 Å². The number of hydrogen-bond donors (Lipinski definition) is 3. The van der Waals surface area contributed by atoms with Crippen molar-refractivity contribution in [2.75, 3.05) is 0 Å². The van der Waals surface area contributed by atoms with Gasteiger partial charge in [0.1, 0.15) is 0 Å². The van der Waals surface area contributed by atoms with E-state index in [-0.39, 0.29) is 11.5 Å². The van der Waals surface area contributed by atoms with Gasteiger partial charge in [-0.1, -0.05) is 18.2 Å². The van der Waals surface area contributed by atoms with Crippen molar-refractivity contribution in [2.45, 2.75) is 0 Å². The highest BCUT2D eigenvalue weighted by molar-refractivity contribution is 9.10. The van der Waals surface area contributed by atoms with E-state index in [0.717, 1.165) is 0 Å². The minimum atomic E-state index is -0.670. The molecule has 8 nitrogen and oxygen atoms in total. The summed E-state index contributed by atoms with van der Waals surface area (Å²) < 4.78 is 5.45. The summed E-state index contributed by atoms with van der Waals surface area (Å²) in [4.78, 5) is 35.6. The Kier molecular flexibility index (Phi) is 3.94. The van der Waals surface area contributed by atoms with E-state index < -0.39 is 17.4 Å². The van der Waals surface area contributed by atoms with Crippen LogP contribution in [0.3, 0.4) is 0 Å². The average molecular weight is 377 g/mol. The number of benzene rings is 1. The van der Waals surface area contributed by atoms with Crippen LogP contribution in [0.4, 0.5) is 0 Å². The summed E-state index contributed by atoms with van der Waals surface area (Å²) in [5.74, 6) is -1.27. The molecule has 3 aromatic rings. The number of aromatic amines is 1. The molecule has 0 bridgehead atoms. The Morgan fingerprint density at radius 1 is 1.04 bits per heavy atom. The SMILES string of the molecule is O=C(NNC(=O)c1n[nH]c(=O)c2ccccc12)c1ccc(Br)o1. The van der Waals surface area contributed by atoms with E-state index in [2.05, 4.69) is 37.0 Å². The third-order valence-electron chi connectivity index (χ3n) is 3.00. The van der Waals surface area contributed by atoms with Crippen LogP contribution in [0, 0.1) is 0 Å². The Hall–Kier alpha value is -2.94. The monoisotopic (exact) mass is 376 g/mol. The van der Waals surface area contributed by atoms with Crippen LogP contribution in [0.15, 0.2) is 50.3 Å². The van der Waals surface area contributed by atoms with Gasteiger partial charge in [0.2, 0.25) is 0 Å². The Labute approximate surface area is 137 Å². The van der Waals surface area contributed by atoms with Crippen molar-refractivity contribution in [1.82, 2.24) is 21.0 Å². The zero-order valence-corrected chi connectivity index (χ0v) is 13.0. The van der Waals surface area contributed by atoms with Crippen molar-refractivity contribution in [1.29, 1.82) is 0 Å². The maximum Gasteiger partial charge on any atom is 0.305 e. The highest BCUT2D eigenvalue weighted by Gasteiger charge is 2.16. The second-order valence-electron chi connectivity index (χ2n) is 4.46. The largest absolute Gasteiger partial charge is 0.444 e. The second-order valence-corrected chi connectivity index (χ2v) is 5.24. The molecule has 3 N–H and O–H groups in total. The summed E-state index contributed by atoms with van der Waals surface area (Å²) in [6.07, 6.45) is 0. The molecule has 0 aliphatic heterocycles. The molecule has 9 heteroatoms. The first-order valence-corrected chi connectivity index (χ1v) is 7.19. The number of nitrogens with one attached hydrogen (secondary N) is 3. The molecule has 0 saturated carbocycles. The molecule has 0 aliphatic carbocycles. The first-order chi connectivity index (χ1) is 11.1. The predicted octanol–water partition coefficient (Wildman–Crippen LogP) is 1.35. The van der Waals surface area contributed by atoms with Crippen molar-refractivity contribution in [2.24, 2.45) is 0 Å². The average Bonchev–Trinajstić information content (AvgIpc) is 2.99. The summed E-state index contributed by atoms with van der Waals surface area (Å²) in [6.45, 7) is 0. The molecule has 1 aromatic carbocycles. The molecule has 0 saturated heterocycles. The molecule has 2 aromatic heterocycles. The molecular weight excluding hydrogens is 368 g/mol. The van der Waals surface area contributed by atoms with E-state index in [1.165, 1.54) is 6.07 Å². The molecule has 3 rings (SSSR count). The van der Waals surface area contributed by atoms with Crippen molar-refractivity contribution in [3.8, 4) is 0 Å². The molecule has 0 atom stereocenters. The fraction of sp³-hybridized carbons (Fsp3) is 0. The second kappa shape index (κ2) is 6.05. The highest BCUT2D eigenvalue weighted by Crippen LogP contribution is 2.14. The van der Waals surface area contributed by atoms with Gasteiger partial charge in [0.25, 0.3) is 11.5 Å². The standard InChI is InChI=1S/C14H9BrN4O4/c15-10-6-5-9(23-10)13(21)18-19-14(22)11-7-3-1-2-4-8(7)12(20)17-16-11/h1-6H,(H,17,20)(H,18,21)(H,19,22). The lowest BCUT2D eigenvalue weighted by Gasteiger charge is -2.07. The number of rotatable bonds is 2. The number of halogens is 1. The van der Waals surface area contributed by atoms with E-state index in [9.17, 15) is 14.4 Å². The van der Waals surface area contributed by atoms with Crippen LogP contribution >= 0.6 is 15.9 Å². The van der Waals surface area contributed by atoms with Crippen LogP contribution < -0.4 is 16.4 Å². The van der Waals surface area contributed by atoms with Crippen LogP contribution in [0.25, 0.3) is 10.8 Å². The van der Waals surface area contributed by atoms with Gasteiger partial charge in [-0.3, -0.25) is 25.2 Å². The van der Waals surface area contributed by atoms with E-state index in [1.54, 1.807) is 30.3 Å². The third-order valence-corrected chi connectivity index (χ3v) is 3.42. The number of carbonyl (C=O) groups is 2. The van der Waals surface area contributed by atoms with E-state index >= 15 is 0 Å². The van der Waals surface area contributed by atoms with Gasteiger partial charge in [-0.2, -0.15) is 5.10 Å². The van der Waals surface area contributed by atoms with E-state index in [4.69, 9.17) is 4.42 Å². The number of aromatic nitrogens is 2. The van der Waals surface area contributed by atoms with Crippen molar-refractivity contribution < 1.29 is 14.0 Å². The Morgan fingerprint density at radius 2 is 1.74 bits per heavy atom. The lowest BCUT2D eigenvalue weighted by atomic mass is 10.1. The molecule has 2 amide bonds.